The summed E-state index contributed by atoms with van der Waals surface area (Å²) in [6.07, 6.45) is 1.63. The largest absolute Gasteiger partial charge is 0.481 e. The summed E-state index contributed by atoms with van der Waals surface area (Å²) in [5.41, 5.74) is -1.27. The van der Waals surface area contributed by atoms with E-state index in [1.165, 1.54) is 12.8 Å². The predicted molar refractivity (Wildman–Crippen MR) is 243 cm³/mol. The minimum Gasteiger partial charge on any atom is -0.481 e. The van der Waals surface area contributed by atoms with E-state index < -0.39 is 77.9 Å². The van der Waals surface area contributed by atoms with Crippen molar-refractivity contribution in [2.45, 2.75) is 167 Å². The van der Waals surface area contributed by atoms with Crippen molar-refractivity contribution in [1.82, 2.24) is 14.7 Å². The van der Waals surface area contributed by atoms with Crippen LogP contribution < -0.4 is 0 Å². The van der Waals surface area contributed by atoms with Gasteiger partial charge in [0, 0.05) is 37.5 Å². The fraction of sp³-hybridized carbons (Fsp3) is 0.796. The van der Waals surface area contributed by atoms with E-state index in [9.17, 15) is 24.9 Å². The third-order valence-corrected chi connectivity index (χ3v) is 14.4. The molecule has 14 heteroatoms. The highest BCUT2D eigenvalue weighted by Gasteiger charge is 2.52. The summed E-state index contributed by atoms with van der Waals surface area (Å²) >= 11 is 0. The molecular formula is C49H83N3O11. The fourth-order valence-corrected chi connectivity index (χ4v) is 10.2. The number of ether oxygens (including phenoxy) is 6. The van der Waals surface area contributed by atoms with E-state index in [1.807, 2.05) is 59.8 Å². The monoisotopic (exact) mass is 890 g/mol. The molecule has 3 aliphatic rings. The molecule has 0 radical (unpaired) electrons. The number of likely N-dealkylation sites (tertiary alicyclic amines) is 1. The van der Waals surface area contributed by atoms with Crippen molar-refractivity contribution >= 4 is 11.9 Å². The zero-order chi connectivity index (χ0) is 46.6. The number of hydrogen-bond donors (Lipinski definition) is 3. The normalized spacial score (nSPS) is 30.9. The maximum Gasteiger partial charge on any atom is 0.338 e. The lowest BCUT2D eigenvalue weighted by Crippen LogP contribution is -2.61. The van der Waals surface area contributed by atoms with Gasteiger partial charge >= 0.3 is 11.9 Å². The second-order valence-corrected chi connectivity index (χ2v) is 19.6. The van der Waals surface area contributed by atoms with Gasteiger partial charge in [-0.3, -0.25) is 4.79 Å². The van der Waals surface area contributed by atoms with Gasteiger partial charge in [-0.2, -0.15) is 0 Å². The molecule has 0 bridgehead atoms. The molecule has 3 heterocycles. The summed E-state index contributed by atoms with van der Waals surface area (Å²) < 4.78 is 39.8. The Labute approximate surface area is 378 Å². The van der Waals surface area contributed by atoms with Crippen molar-refractivity contribution < 1.29 is 53.3 Å². The van der Waals surface area contributed by atoms with Crippen LogP contribution in [0, 0.1) is 23.2 Å². The number of hydrogen-bond acceptors (Lipinski definition) is 13. The highest BCUT2D eigenvalue weighted by Crippen LogP contribution is 2.43. The number of nitrogens with zero attached hydrogens (tertiary/aromatic N) is 3. The van der Waals surface area contributed by atoms with Crippen LogP contribution in [-0.4, -0.2) is 170 Å². The molecule has 0 amide bonds. The van der Waals surface area contributed by atoms with Crippen LogP contribution in [0.1, 0.15) is 110 Å². The molecular weight excluding hydrogens is 807 g/mol. The molecule has 14 nitrogen and oxygen atoms in total. The smallest absolute Gasteiger partial charge is 0.338 e. The second-order valence-electron chi connectivity index (χ2n) is 19.6. The lowest BCUT2D eigenvalue weighted by atomic mass is 9.74. The molecule has 3 aliphatic heterocycles. The first kappa shape index (κ1) is 53.1. The number of aliphatic carboxylic acids is 1. The van der Waals surface area contributed by atoms with Gasteiger partial charge in [0.15, 0.2) is 18.7 Å². The van der Waals surface area contributed by atoms with Crippen LogP contribution in [-0.2, 0) is 33.2 Å². The molecule has 3 N–H and O–H groups in total. The van der Waals surface area contributed by atoms with Gasteiger partial charge in [-0.15, -0.1) is 6.58 Å². The molecule has 2 unspecified atom stereocenters. The van der Waals surface area contributed by atoms with E-state index in [0.29, 0.717) is 37.8 Å². The molecule has 0 aromatic heterocycles. The maximum absolute atomic E-state index is 13.8. The van der Waals surface area contributed by atoms with Crippen molar-refractivity contribution in [3.8, 4) is 0 Å². The second kappa shape index (κ2) is 24.3. The fourth-order valence-electron chi connectivity index (χ4n) is 10.2. The summed E-state index contributed by atoms with van der Waals surface area (Å²) in [6.45, 7) is 21.7. The first-order valence-electron chi connectivity index (χ1n) is 23.5. The third-order valence-electron chi connectivity index (χ3n) is 14.4. The van der Waals surface area contributed by atoms with Crippen LogP contribution in [0.4, 0.5) is 0 Å². The number of benzene rings is 1. The Bertz CT molecular complexity index is 1550. The van der Waals surface area contributed by atoms with E-state index in [2.05, 4.69) is 23.3 Å². The minimum atomic E-state index is -1.12. The topological polar surface area (TPSA) is 160 Å². The number of carboxylic acids is 1. The quantitative estimate of drug-likeness (QED) is 0.0766. The zero-order valence-electron chi connectivity index (χ0n) is 40.3. The number of carboxylic acid groups (broad SMARTS) is 1. The number of aliphatic hydroxyl groups is 2. The minimum absolute atomic E-state index is 0.00196. The molecule has 63 heavy (non-hydrogen) atoms. The van der Waals surface area contributed by atoms with Crippen molar-refractivity contribution in [3.63, 3.8) is 0 Å². The van der Waals surface area contributed by atoms with E-state index in [4.69, 9.17) is 28.4 Å². The van der Waals surface area contributed by atoms with Crippen molar-refractivity contribution in [1.29, 1.82) is 0 Å². The van der Waals surface area contributed by atoms with Gasteiger partial charge in [-0.05, 0) is 131 Å². The van der Waals surface area contributed by atoms with E-state index in [0.717, 1.165) is 32.5 Å². The maximum atomic E-state index is 13.8. The van der Waals surface area contributed by atoms with Gasteiger partial charge in [0.25, 0.3) is 0 Å². The predicted octanol–water partition coefficient (Wildman–Crippen LogP) is 6.08. The van der Waals surface area contributed by atoms with Crippen LogP contribution in [0.2, 0.25) is 0 Å². The van der Waals surface area contributed by atoms with Gasteiger partial charge in [0.05, 0.1) is 60.3 Å². The van der Waals surface area contributed by atoms with Crippen LogP contribution >= 0.6 is 0 Å². The summed E-state index contributed by atoms with van der Waals surface area (Å²) in [5.74, 6) is -3.50. The lowest BCUT2D eigenvalue weighted by Gasteiger charge is -2.50. The Morgan fingerprint density at radius 2 is 1.76 bits per heavy atom. The standard InChI is InChI=1S/C49H83N3O11/c1-13-38(41(34(5)45(55)56)61-40-29-48(7,14-2)43(54)35(6)60-40)44(49(8,58-12)28-32(3)30-51(11)37(31-53)23-20-26-52-24-18-19-25-52)63-47-42(39(50(9)10)27-33(4)59-47)62-46(57)36-21-16-15-17-22-36/h13,15-17,21-22,32-35,37-44,47,53-54H,1,14,18-20,23-31H2,2-12H3,(H,55,56)/t32-,33-,34-,35+,37-,38+,39+,40+,41-,42-,43?,44-,47?,48-,49-/m1/s1. The summed E-state index contributed by atoms with van der Waals surface area (Å²) in [5, 5.41) is 32.3. The van der Waals surface area contributed by atoms with Crippen molar-refractivity contribution in [2.75, 3.05) is 61.0 Å². The number of carbonyl (C=O) groups is 2. The van der Waals surface area contributed by atoms with E-state index in [-0.39, 0.29) is 30.7 Å². The first-order chi connectivity index (χ1) is 29.8. The average molecular weight is 890 g/mol. The van der Waals surface area contributed by atoms with E-state index in [1.54, 1.807) is 51.3 Å². The Balaban J connectivity index is 1.75. The van der Waals surface area contributed by atoms with E-state index >= 15 is 0 Å². The molecule has 3 fully saturated rings. The Hall–Kier alpha value is -2.50. The molecule has 1 aromatic carbocycles. The lowest BCUT2D eigenvalue weighted by molar-refractivity contribution is -0.311. The van der Waals surface area contributed by atoms with Crippen LogP contribution in [0.25, 0.3) is 0 Å². The Kier molecular flexibility index (Phi) is 20.5. The molecule has 0 aliphatic carbocycles. The summed E-state index contributed by atoms with van der Waals surface area (Å²) in [6, 6.07) is 8.49. The number of rotatable bonds is 25. The molecule has 360 valence electrons. The van der Waals surface area contributed by atoms with Crippen LogP contribution in [0.5, 0.6) is 0 Å². The van der Waals surface area contributed by atoms with Crippen LogP contribution in [0.3, 0.4) is 0 Å². The summed E-state index contributed by atoms with van der Waals surface area (Å²) in [4.78, 5) is 33.6. The van der Waals surface area contributed by atoms with Gasteiger partial charge in [-0.1, -0.05) is 45.0 Å². The van der Waals surface area contributed by atoms with Crippen LogP contribution in [0.15, 0.2) is 43.0 Å². The van der Waals surface area contributed by atoms with Crippen molar-refractivity contribution in [2.24, 2.45) is 23.2 Å². The molecule has 0 saturated carbocycles. The molecule has 15 atom stereocenters. The number of likely N-dealkylation sites (N-methyl/N-ethyl adjacent to an activating group) is 2. The number of carbonyl (C=O) groups excluding carboxylic acids is 1. The molecule has 4 rings (SSSR count). The number of aliphatic hydroxyl groups excluding tert-OH is 2. The molecule has 3 saturated heterocycles. The van der Waals surface area contributed by atoms with Gasteiger partial charge in [0.2, 0.25) is 0 Å². The third kappa shape index (κ3) is 14.0. The first-order valence-corrected chi connectivity index (χ1v) is 23.5. The molecule has 1 aromatic rings. The van der Waals surface area contributed by atoms with Crippen molar-refractivity contribution in [3.05, 3.63) is 48.6 Å². The SMILES string of the molecule is C=C[C@@H]([C@H](O[C@H]1C[C@@](C)(CC)C(O)[C@H](C)O1)[C@@H](C)C(=O)O)[C@@H](OC1O[C@H](C)C[C@H](N(C)C)[C@H]1OC(=O)c1ccccc1)[C@@](C)(C[C@@H](C)CN(C)[C@@H](CO)CCCN1CCCC1)OC. The Morgan fingerprint density at radius 1 is 1.10 bits per heavy atom. The van der Waals surface area contributed by atoms with Gasteiger partial charge in [0.1, 0.15) is 0 Å². The number of methoxy groups -OCH3 is 1. The molecule has 0 spiro atoms. The average Bonchev–Trinajstić information content (AvgIpc) is 3.77. The number of esters is 1. The highest BCUT2D eigenvalue weighted by atomic mass is 16.7. The zero-order valence-corrected chi connectivity index (χ0v) is 40.3. The highest BCUT2D eigenvalue weighted by molar-refractivity contribution is 5.89. The summed E-state index contributed by atoms with van der Waals surface area (Å²) in [7, 11) is 7.54. The Morgan fingerprint density at radius 3 is 2.33 bits per heavy atom. The van der Waals surface area contributed by atoms with Gasteiger partial charge in [-0.25, -0.2) is 4.79 Å². The van der Waals surface area contributed by atoms with Gasteiger partial charge < -0.3 is 58.4 Å².